The van der Waals surface area contributed by atoms with E-state index in [0.29, 0.717) is 17.3 Å². The summed E-state index contributed by atoms with van der Waals surface area (Å²) in [5, 5.41) is 0.559. The summed E-state index contributed by atoms with van der Waals surface area (Å²) in [6.45, 7) is 4.03. The van der Waals surface area contributed by atoms with Gasteiger partial charge in [-0.1, -0.05) is 17.7 Å². The van der Waals surface area contributed by atoms with Crippen LogP contribution in [0.5, 0.6) is 0 Å². The number of rotatable bonds is 5. The summed E-state index contributed by atoms with van der Waals surface area (Å²) < 4.78 is 27.0. The molecule has 2 aromatic carbocycles. The van der Waals surface area contributed by atoms with Gasteiger partial charge in [-0.05, 0) is 62.1 Å². The van der Waals surface area contributed by atoms with Crippen LogP contribution < -0.4 is 4.31 Å². The van der Waals surface area contributed by atoms with Gasteiger partial charge in [0.25, 0.3) is 10.0 Å². The maximum atomic E-state index is 12.8. The molecular formula is C16H18ClNO2S2. The first-order valence-electron chi connectivity index (χ1n) is 6.83. The summed E-state index contributed by atoms with van der Waals surface area (Å²) in [5.74, 6) is 0. The predicted molar refractivity (Wildman–Crippen MR) is 94.6 cm³/mol. The number of halogens is 1. The number of sulfonamides is 1. The van der Waals surface area contributed by atoms with Gasteiger partial charge >= 0.3 is 0 Å². The zero-order chi connectivity index (χ0) is 16.3. The fraction of sp³-hybridized carbons (Fsp3) is 0.250. The average molecular weight is 356 g/mol. The summed E-state index contributed by atoms with van der Waals surface area (Å²) in [6, 6.07) is 12.2. The lowest BCUT2D eigenvalue weighted by Crippen LogP contribution is -2.30. The topological polar surface area (TPSA) is 37.4 Å². The van der Waals surface area contributed by atoms with Crippen molar-refractivity contribution < 1.29 is 8.42 Å². The molecular weight excluding hydrogens is 338 g/mol. The third-order valence-electron chi connectivity index (χ3n) is 3.38. The average Bonchev–Trinajstić information content (AvgIpc) is 2.51. The highest BCUT2D eigenvalue weighted by Gasteiger charge is 2.23. The smallest absolute Gasteiger partial charge is 0.264 e. The molecule has 0 aliphatic heterocycles. The van der Waals surface area contributed by atoms with E-state index in [2.05, 4.69) is 0 Å². The number of nitrogens with zero attached hydrogens (tertiary/aromatic N) is 1. The van der Waals surface area contributed by atoms with Crippen LogP contribution >= 0.6 is 23.4 Å². The number of thioether (sulfide) groups is 1. The van der Waals surface area contributed by atoms with Crippen LogP contribution in [0.1, 0.15) is 12.5 Å². The van der Waals surface area contributed by atoms with E-state index >= 15 is 0 Å². The summed E-state index contributed by atoms with van der Waals surface area (Å²) in [6.07, 6.45) is 1.95. The summed E-state index contributed by atoms with van der Waals surface area (Å²) in [5.41, 5.74) is 1.50. The normalized spacial score (nSPS) is 11.5. The molecule has 0 saturated carbocycles. The van der Waals surface area contributed by atoms with E-state index in [9.17, 15) is 8.42 Å². The van der Waals surface area contributed by atoms with Crippen LogP contribution in [0.3, 0.4) is 0 Å². The van der Waals surface area contributed by atoms with Gasteiger partial charge in [-0.25, -0.2) is 8.42 Å². The standard InChI is InChI=1S/C16H18ClNO2S2/c1-4-18(13-6-5-12(2)16(17)11-13)22(19,20)15-9-7-14(21-3)8-10-15/h5-11H,4H2,1-3H3. The third kappa shape index (κ3) is 3.42. The zero-order valence-corrected chi connectivity index (χ0v) is 15.1. The van der Waals surface area contributed by atoms with Crippen molar-refractivity contribution in [1.29, 1.82) is 0 Å². The Morgan fingerprint density at radius 1 is 1.14 bits per heavy atom. The fourth-order valence-corrected chi connectivity index (χ4v) is 4.15. The van der Waals surface area contributed by atoms with Crippen molar-refractivity contribution in [2.75, 3.05) is 17.1 Å². The largest absolute Gasteiger partial charge is 0.267 e. The first kappa shape index (κ1) is 17.2. The van der Waals surface area contributed by atoms with Gasteiger partial charge in [0.05, 0.1) is 10.6 Å². The molecule has 0 unspecified atom stereocenters. The van der Waals surface area contributed by atoms with E-state index in [1.165, 1.54) is 4.31 Å². The Labute approximate surface area is 141 Å². The minimum Gasteiger partial charge on any atom is -0.267 e. The molecule has 3 nitrogen and oxygen atoms in total. The molecule has 0 atom stereocenters. The second kappa shape index (κ2) is 6.94. The minimum absolute atomic E-state index is 0.281. The van der Waals surface area contributed by atoms with Crippen LogP contribution in [-0.4, -0.2) is 21.2 Å². The van der Waals surface area contributed by atoms with Gasteiger partial charge in [0.2, 0.25) is 0 Å². The van der Waals surface area contributed by atoms with Crippen molar-refractivity contribution in [3.05, 3.63) is 53.1 Å². The first-order chi connectivity index (χ1) is 10.4. The van der Waals surface area contributed by atoms with E-state index < -0.39 is 10.0 Å². The summed E-state index contributed by atoms with van der Waals surface area (Å²) in [7, 11) is -3.59. The fourth-order valence-electron chi connectivity index (χ4n) is 2.10. The quantitative estimate of drug-likeness (QED) is 0.736. The molecule has 0 heterocycles. The summed E-state index contributed by atoms with van der Waals surface area (Å²) >= 11 is 7.70. The molecule has 6 heteroatoms. The predicted octanol–water partition coefficient (Wildman–Crippen LogP) is 4.59. The molecule has 0 radical (unpaired) electrons. The van der Waals surface area contributed by atoms with E-state index in [4.69, 9.17) is 11.6 Å². The Kier molecular flexibility index (Phi) is 5.42. The second-order valence-electron chi connectivity index (χ2n) is 4.78. The lowest BCUT2D eigenvalue weighted by molar-refractivity contribution is 0.592. The maximum Gasteiger partial charge on any atom is 0.264 e. The van der Waals surface area contributed by atoms with Crippen molar-refractivity contribution in [2.45, 2.75) is 23.6 Å². The van der Waals surface area contributed by atoms with Gasteiger partial charge < -0.3 is 0 Å². The monoisotopic (exact) mass is 355 g/mol. The van der Waals surface area contributed by atoms with Crippen molar-refractivity contribution in [3.8, 4) is 0 Å². The lowest BCUT2D eigenvalue weighted by Gasteiger charge is -2.23. The van der Waals surface area contributed by atoms with Crippen LogP contribution in [0.4, 0.5) is 5.69 Å². The molecule has 0 amide bonds. The second-order valence-corrected chi connectivity index (χ2v) is 7.93. The molecule has 0 N–H and O–H groups in total. The number of anilines is 1. The van der Waals surface area contributed by atoms with Crippen molar-refractivity contribution in [3.63, 3.8) is 0 Å². The molecule has 2 rings (SSSR count). The number of hydrogen-bond donors (Lipinski definition) is 0. The Hall–Kier alpha value is -1.17. The maximum absolute atomic E-state index is 12.8. The molecule has 0 saturated heterocycles. The summed E-state index contributed by atoms with van der Waals surface area (Å²) in [4.78, 5) is 1.31. The molecule has 2 aromatic rings. The number of hydrogen-bond acceptors (Lipinski definition) is 3. The van der Waals surface area contributed by atoms with Gasteiger partial charge in [-0.3, -0.25) is 4.31 Å². The van der Waals surface area contributed by atoms with Gasteiger partial charge in [-0.2, -0.15) is 0 Å². The number of aryl methyl sites for hydroxylation is 1. The highest BCUT2D eigenvalue weighted by atomic mass is 35.5. The van der Waals surface area contributed by atoms with E-state index in [0.717, 1.165) is 10.5 Å². The molecule has 0 spiro atoms. The van der Waals surface area contributed by atoms with E-state index in [1.807, 2.05) is 38.3 Å². The SMILES string of the molecule is CCN(c1ccc(C)c(Cl)c1)S(=O)(=O)c1ccc(SC)cc1. The van der Waals surface area contributed by atoms with Gasteiger partial charge in [0, 0.05) is 16.5 Å². The lowest BCUT2D eigenvalue weighted by atomic mass is 10.2. The highest BCUT2D eigenvalue weighted by molar-refractivity contribution is 7.98. The van der Waals surface area contributed by atoms with Crippen molar-refractivity contribution in [2.24, 2.45) is 0 Å². The van der Waals surface area contributed by atoms with E-state index in [1.54, 1.807) is 36.0 Å². The van der Waals surface area contributed by atoms with E-state index in [-0.39, 0.29) is 4.90 Å². The molecule has 0 bridgehead atoms. The van der Waals surface area contributed by atoms with Crippen LogP contribution in [0.25, 0.3) is 0 Å². The molecule has 0 aliphatic rings. The Morgan fingerprint density at radius 3 is 2.27 bits per heavy atom. The third-order valence-corrected chi connectivity index (χ3v) is 6.45. The molecule has 118 valence electrons. The van der Waals surface area contributed by atoms with Crippen LogP contribution in [0.15, 0.2) is 52.3 Å². The Bertz CT molecular complexity index is 758. The van der Waals surface area contributed by atoms with Gasteiger partial charge in [0.15, 0.2) is 0 Å². The Morgan fingerprint density at radius 2 is 1.77 bits per heavy atom. The van der Waals surface area contributed by atoms with Gasteiger partial charge in [0.1, 0.15) is 0 Å². The van der Waals surface area contributed by atoms with Gasteiger partial charge in [-0.15, -0.1) is 11.8 Å². The van der Waals surface area contributed by atoms with Crippen molar-refractivity contribution >= 4 is 39.1 Å². The minimum atomic E-state index is -3.59. The highest BCUT2D eigenvalue weighted by Crippen LogP contribution is 2.28. The zero-order valence-electron chi connectivity index (χ0n) is 12.7. The van der Waals surface area contributed by atoms with Crippen LogP contribution in [0.2, 0.25) is 5.02 Å². The number of benzene rings is 2. The van der Waals surface area contributed by atoms with Crippen LogP contribution in [-0.2, 0) is 10.0 Å². The molecule has 0 aromatic heterocycles. The molecule has 0 aliphatic carbocycles. The Balaban J connectivity index is 2.45. The van der Waals surface area contributed by atoms with Crippen molar-refractivity contribution in [1.82, 2.24) is 0 Å². The molecule has 0 fully saturated rings. The van der Waals surface area contributed by atoms with Crippen LogP contribution in [0, 0.1) is 6.92 Å². The first-order valence-corrected chi connectivity index (χ1v) is 9.87. The molecule has 22 heavy (non-hydrogen) atoms.